The van der Waals surface area contributed by atoms with Gasteiger partial charge in [0.05, 0.1) is 23.5 Å². The first-order valence-corrected chi connectivity index (χ1v) is 8.00. The number of hydrogen-bond acceptors (Lipinski definition) is 5. The molecule has 1 aromatic rings. The fraction of sp³-hybridized carbons (Fsp3) is 0.500. The topological polar surface area (TPSA) is 101 Å². The van der Waals surface area contributed by atoms with Crippen molar-refractivity contribution < 1.29 is 27.6 Å². The molecule has 0 saturated carbocycles. The highest BCUT2D eigenvalue weighted by Crippen LogP contribution is 2.18. The second-order valence-corrected chi connectivity index (χ2v) is 6.81. The number of hydrogen-bond donors (Lipinski definition) is 2. The van der Waals surface area contributed by atoms with Gasteiger partial charge in [0.15, 0.2) is 0 Å². The molecule has 21 heavy (non-hydrogen) atoms. The van der Waals surface area contributed by atoms with Gasteiger partial charge in [-0.25, -0.2) is 0 Å². The van der Waals surface area contributed by atoms with Gasteiger partial charge in [-0.1, -0.05) is 32.0 Å². The number of aliphatic hydroxyl groups excluding tert-OH is 1. The number of carbonyl (C=O) groups is 1. The van der Waals surface area contributed by atoms with Crippen LogP contribution in [0.15, 0.2) is 35.2 Å². The molecule has 1 rings (SSSR count). The van der Waals surface area contributed by atoms with E-state index >= 15 is 0 Å². The molecule has 0 heterocycles. The summed E-state index contributed by atoms with van der Waals surface area (Å²) >= 11 is 0. The standard InChI is InChI=1S/C14H20O6S/c1-10(2)8-12(14(16)17)13(15)9-20-21(18,19)11-6-4-3-5-7-11/h3-7,10,12-13,15H,8-9H2,1-2H3,(H,16,17). The average Bonchev–Trinajstić information content (AvgIpc) is 2.43. The number of benzene rings is 1. The maximum Gasteiger partial charge on any atom is 0.309 e. The highest BCUT2D eigenvalue weighted by atomic mass is 32.2. The van der Waals surface area contributed by atoms with E-state index in [1.165, 1.54) is 12.1 Å². The summed E-state index contributed by atoms with van der Waals surface area (Å²) in [6, 6.07) is 7.49. The zero-order valence-electron chi connectivity index (χ0n) is 12.0. The van der Waals surface area contributed by atoms with Crippen LogP contribution < -0.4 is 0 Å². The van der Waals surface area contributed by atoms with Crippen molar-refractivity contribution in [3.05, 3.63) is 30.3 Å². The van der Waals surface area contributed by atoms with Crippen molar-refractivity contribution >= 4 is 16.1 Å². The maximum absolute atomic E-state index is 11.9. The molecule has 2 atom stereocenters. The number of aliphatic carboxylic acids is 1. The Hall–Kier alpha value is -1.44. The van der Waals surface area contributed by atoms with Crippen LogP contribution in [0.4, 0.5) is 0 Å². The summed E-state index contributed by atoms with van der Waals surface area (Å²) < 4.78 is 28.5. The summed E-state index contributed by atoms with van der Waals surface area (Å²) in [4.78, 5) is 11.1. The molecule has 6 nitrogen and oxygen atoms in total. The van der Waals surface area contributed by atoms with Crippen LogP contribution >= 0.6 is 0 Å². The van der Waals surface area contributed by atoms with Gasteiger partial charge < -0.3 is 10.2 Å². The van der Waals surface area contributed by atoms with E-state index in [0.717, 1.165) is 0 Å². The summed E-state index contributed by atoms with van der Waals surface area (Å²) in [6.45, 7) is 3.06. The van der Waals surface area contributed by atoms with E-state index in [9.17, 15) is 18.3 Å². The first kappa shape index (κ1) is 17.6. The molecule has 0 bridgehead atoms. The van der Waals surface area contributed by atoms with Crippen molar-refractivity contribution in [2.75, 3.05) is 6.61 Å². The summed E-state index contributed by atoms with van der Waals surface area (Å²) in [7, 11) is -4.00. The average molecular weight is 316 g/mol. The molecule has 0 aliphatic heterocycles. The summed E-state index contributed by atoms with van der Waals surface area (Å²) in [5, 5.41) is 18.9. The Morgan fingerprint density at radius 3 is 2.29 bits per heavy atom. The van der Waals surface area contributed by atoms with Crippen molar-refractivity contribution in [3.63, 3.8) is 0 Å². The van der Waals surface area contributed by atoms with Gasteiger partial charge in [0.1, 0.15) is 0 Å². The molecule has 0 aliphatic rings. The Morgan fingerprint density at radius 1 is 1.24 bits per heavy atom. The van der Waals surface area contributed by atoms with Crippen LogP contribution in [-0.2, 0) is 19.1 Å². The second-order valence-electron chi connectivity index (χ2n) is 5.19. The Bertz CT molecular complexity index is 552. The third kappa shape index (κ3) is 5.45. The molecule has 1 aromatic carbocycles. The lowest BCUT2D eigenvalue weighted by atomic mass is 9.92. The van der Waals surface area contributed by atoms with Crippen LogP contribution in [-0.4, -0.2) is 37.3 Å². The lowest BCUT2D eigenvalue weighted by Gasteiger charge is -2.20. The third-order valence-corrected chi connectivity index (χ3v) is 4.23. The molecule has 2 N–H and O–H groups in total. The lowest BCUT2D eigenvalue weighted by Crippen LogP contribution is -2.33. The van der Waals surface area contributed by atoms with E-state index in [2.05, 4.69) is 0 Å². The minimum Gasteiger partial charge on any atom is -0.481 e. The molecule has 0 saturated heterocycles. The largest absolute Gasteiger partial charge is 0.481 e. The first-order valence-electron chi connectivity index (χ1n) is 6.59. The molecule has 118 valence electrons. The summed E-state index contributed by atoms with van der Waals surface area (Å²) in [5.41, 5.74) is 0. The molecule has 0 fully saturated rings. The van der Waals surface area contributed by atoms with E-state index in [4.69, 9.17) is 9.29 Å². The van der Waals surface area contributed by atoms with Gasteiger partial charge in [-0.15, -0.1) is 0 Å². The van der Waals surface area contributed by atoms with Gasteiger partial charge in [-0.3, -0.25) is 8.98 Å². The van der Waals surface area contributed by atoms with Crippen molar-refractivity contribution in [2.24, 2.45) is 11.8 Å². The zero-order valence-corrected chi connectivity index (χ0v) is 12.8. The molecule has 2 unspecified atom stereocenters. The number of aliphatic hydroxyl groups is 1. The second kappa shape index (κ2) is 7.53. The van der Waals surface area contributed by atoms with Gasteiger partial charge in [-0.2, -0.15) is 8.42 Å². The third-order valence-electron chi connectivity index (χ3n) is 2.93. The Balaban J connectivity index is 2.71. The number of carboxylic acid groups (broad SMARTS) is 1. The van der Waals surface area contributed by atoms with Gasteiger partial charge in [-0.05, 0) is 24.5 Å². The Morgan fingerprint density at radius 2 is 1.81 bits per heavy atom. The van der Waals surface area contributed by atoms with E-state index in [1.54, 1.807) is 18.2 Å². The number of carboxylic acids is 1. The van der Waals surface area contributed by atoms with Gasteiger partial charge >= 0.3 is 5.97 Å². The molecule has 0 amide bonds. The Kier molecular flexibility index (Phi) is 6.32. The van der Waals surface area contributed by atoms with E-state index in [1.807, 2.05) is 13.8 Å². The van der Waals surface area contributed by atoms with Gasteiger partial charge in [0.2, 0.25) is 0 Å². The van der Waals surface area contributed by atoms with Crippen LogP contribution in [0.3, 0.4) is 0 Å². The molecule has 0 spiro atoms. The molecular weight excluding hydrogens is 296 g/mol. The van der Waals surface area contributed by atoms with Crippen LogP contribution in [0.5, 0.6) is 0 Å². The van der Waals surface area contributed by atoms with Crippen LogP contribution in [0.1, 0.15) is 20.3 Å². The first-order chi connectivity index (χ1) is 9.74. The molecule has 0 aromatic heterocycles. The normalized spacial score (nSPS) is 14.9. The Labute approximate surface area is 124 Å². The van der Waals surface area contributed by atoms with Crippen molar-refractivity contribution in [1.82, 2.24) is 0 Å². The number of rotatable bonds is 8. The molecule has 0 aliphatic carbocycles. The van der Waals surface area contributed by atoms with Crippen molar-refractivity contribution in [3.8, 4) is 0 Å². The van der Waals surface area contributed by atoms with E-state index in [0.29, 0.717) is 0 Å². The highest BCUT2D eigenvalue weighted by Gasteiger charge is 2.29. The van der Waals surface area contributed by atoms with Crippen molar-refractivity contribution in [1.29, 1.82) is 0 Å². The SMILES string of the molecule is CC(C)CC(C(=O)O)C(O)COS(=O)(=O)c1ccccc1. The van der Waals surface area contributed by atoms with Gasteiger partial charge in [0, 0.05) is 0 Å². The quantitative estimate of drug-likeness (QED) is 0.705. The van der Waals surface area contributed by atoms with E-state index < -0.39 is 34.7 Å². The van der Waals surface area contributed by atoms with Crippen LogP contribution in [0.25, 0.3) is 0 Å². The van der Waals surface area contributed by atoms with Crippen LogP contribution in [0, 0.1) is 11.8 Å². The van der Waals surface area contributed by atoms with Gasteiger partial charge in [0.25, 0.3) is 10.1 Å². The van der Waals surface area contributed by atoms with Crippen LogP contribution in [0.2, 0.25) is 0 Å². The lowest BCUT2D eigenvalue weighted by molar-refractivity contribution is -0.147. The smallest absolute Gasteiger partial charge is 0.309 e. The fourth-order valence-corrected chi connectivity index (χ4v) is 2.81. The predicted octanol–water partition coefficient (Wildman–Crippen LogP) is 1.50. The minimum absolute atomic E-state index is 0.0343. The zero-order chi connectivity index (χ0) is 16.0. The maximum atomic E-state index is 11.9. The summed E-state index contributed by atoms with van der Waals surface area (Å²) in [6.07, 6.45) is -1.14. The monoisotopic (exact) mass is 316 g/mol. The minimum atomic E-state index is -4.00. The fourth-order valence-electron chi connectivity index (χ4n) is 1.86. The van der Waals surface area contributed by atoms with E-state index in [-0.39, 0.29) is 17.2 Å². The molecular formula is C14H20O6S. The predicted molar refractivity (Wildman–Crippen MR) is 76.2 cm³/mol. The summed E-state index contributed by atoms with van der Waals surface area (Å²) in [5.74, 6) is -2.17. The highest BCUT2D eigenvalue weighted by molar-refractivity contribution is 7.86. The molecule has 0 radical (unpaired) electrons. The molecule has 7 heteroatoms. The van der Waals surface area contributed by atoms with Crippen molar-refractivity contribution in [2.45, 2.75) is 31.3 Å².